The minimum absolute atomic E-state index is 0.0827. The molecule has 2 rings (SSSR count). The number of rotatable bonds is 0. The molecule has 2 heterocycles. The monoisotopic (exact) mass is 245 g/mol. The van der Waals surface area contributed by atoms with Gasteiger partial charge in [-0.2, -0.15) is 5.10 Å². The number of fused-ring (bicyclic) bond motifs is 1. The van der Waals surface area contributed by atoms with Gasteiger partial charge in [-0.25, -0.2) is 4.52 Å². The molecule has 1 atom stereocenters. The smallest absolute Gasteiger partial charge is 0.280 e. The molecule has 4 nitrogen and oxygen atoms in total. The molecule has 0 fully saturated rings. The fourth-order valence-electron chi connectivity index (χ4n) is 0.972. The molecule has 0 saturated heterocycles. The highest BCUT2D eigenvalue weighted by atomic mass is 79.9. The van der Waals surface area contributed by atoms with E-state index in [1.54, 1.807) is 12.3 Å². The molecule has 12 heavy (non-hydrogen) atoms. The van der Waals surface area contributed by atoms with E-state index < -0.39 is 0 Å². The van der Waals surface area contributed by atoms with Gasteiger partial charge in [0.25, 0.3) is 5.56 Å². The minimum Gasteiger partial charge on any atom is -0.280 e. The van der Waals surface area contributed by atoms with Crippen molar-refractivity contribution in [2.24, 2.45) is 0 Å². The normalized spacial score (nSPS) is 10.8. The van der Waals surface area contributed by atoms with Crippen LogP contribution in [0.4, 0.5) is 0 Å². The van der Waals surface area contributed by atoms with Gasteiger partial charge in [-0.1, -0.05) is 0 Å². The third kappa shape index (κ3) is 1.09. The van der Waals surface area contributed by atoms with Gasteiger partial charge in [0.15, 0.2) is 0 Å². The molecular formula is C6H5BrN3OP. The van der Waals surface area contributed by atoms with Crippen LogP contribution in [0.5, 0.6) is 0 Å². The molecule has 62 valence electrons. The van der Waals surface area contributed by atoms with Crippen molar-refractivity contribution in [3.05, 3.63) is 33.4 Å². The van der Waals surface area contributed by atoms with E-state index in [2.05, 4.69) is 30.4 Å². The highest BCUT2D eigenvalue weighted by Gasteiger charge is 2.02. The summed E-state index contributed by atoms with van der Waals surface area (Å²) in [7, 11) is 2.28. The lowest BCUT2D eigenvalue weighted by atomic mass is 10.5. The molecule has 0 spiro atoms. The zero-order valence-corrected chi connectivity index (χ0v) is 8.68. The molecule has 0 amide bonds. The summed E-state index contributed by atoms with van der Waals surface area (Å²) in [6.45, 7) is 0. The molecule has 0 aliphatic heterocycles. The Morgan fingerprint density at radius 1 is 1.58 bits per heavy atom. The van der Waals surface area contributed by atoms with Crippen LogP contribution in [0.3, 0.4) is 0 Å². The molecule has 0 aromatic carbocycles. The second-order valence-corrected chi connectivity index (χ2v) is 3.80. The van der Waals surface area contributed by atoms with Crippen LogP contribution in [-0.4, -0.2) is 14.0 Å². The minimum atomic E-state index is -0.0827. The Morgan fingerprint density at radius 2 is 2.33 bits per heavy atom. The summed E-state index contributed by atoms with van der Waals surface area (Å²) in [4.78, 5) is 11.4. The van der Waals surface area contributed by atoms with Crippen LogP contribution in [0.2, 0.25) is 0 Å². The van der Waals surface area contributed by atoms with Gasteiger partial charge >= 0.3 is 0 Å². The largest absolute Gasteiger partial charge is 0.280 e. The van der Waals surface area contributed by atoms with Gasteiger partial charge in [-0.05, 0) is 31.4 Å². The number of hydrogen-bond donors (Lipinski definition) is 0. The first-order valence-electron chi connectivity index (χ1n) is 3.19. The van der Waals surface area contributed by atoms with Crippen molar-refractivity contribution >= 4 is 30.8 Å². The summed E-state index contributed by atoms with van der Waals surface area (Å²) in [5, 5.41) is 3.99. The number of aromatic nitrogens is 3. The van der Waals surface area contributed by atoms with Gasteiger partial charge in [-0.3, -0.25) is 9.13 Å². The maximum Gasteiger partial charge on any atom is 0.280 e. The molecule has 6 heteroatoms. The van der Waals surface area contributed by atoms with Crippen molar-refractivity contribution in [3.63, 3.8) is 0 Å². The number of halogens is 1. The van der Waals surface area contributed by atoms with Gasteiger partial charge in [0.05, 0.1) is 0 Å². The summed E-state index contributed by atoms with van der Waals surface area (Å²) in [6.07, 6.45) is 3.19. The van der Waals surface area contributed by atoms with Crippen LogP contribution in [0.15, 0.2) is 27.9 Å². The lowest BCUT2D eigenvalue weighted by Gasteiger charge is -1.95. The zero-order valence-electron chi connectivity index (χ0n) is 5.94. The number of hydrogen-bond acceptors (Lipinski definition) is 2. The van der Waals surface area contributed by atoms with Gasteiger partial charge in [-0.15, -0.1) is 0 Å². The van der Waals surface area contributed by atoms with Crippen molar-refractivity contribution in [2.45, 2.75) is 0 Å². The molecular weight excluding hydrogens is 241 g/mol. The first-order chi connectivity index (χ1) is 5.68. The first-order valence-corrected chi connectivity index (χ1v) is 4.50. The molecule has 1 unspecified atom stereocenters. The maximum absolute atomic E-state index is 11.4. The summed E-state index contributed by atoms with van der Waals surface area (Å²) in [6, 6.07) is 1.73. The average molecular weight is 246 g/mol. The molecule has 2 aromatic heterocycles. The van der Waals surface area contributed by atoms with Crippen molar-refractivity contribution in [1.82, 2.24) is 14.0 Å². The van der Waals surface area contributed by atoms with Crippen molar-refractivity contribution in [1.29, 1.82) is 0 Å². The standard InChI is InChI=1S/C6H5BrN3OP/c7-4-1-5-6(11)10(12)3-8-9(5)2-4/h1-3H,12H2. The van der Waals surface area contributed by atoms with E-state index >= 15 is 0 Å². The Labute approximate surface area is 78.6 Å². The highest BCUT2D eigenvalue weighted by Crippen LogP contribution is 2.11. The Balaban J connectivity index is 2.99. The van der Waals surface area contributed by atoms with Gasteiger partial charge in [0.1, 0.15) is 11.8 Å². The third-order valence-corrected chi connectivity index (χ3v) is 2.32. The van der Waals surface area contributed by atoms with Gasteiger partial charge in [0.2, 0.25) is 0 Å². The predicted molar refractivity (Wildman–Crippen MR) is 52.3 cm³/mol. The molecule has 0 saturated carbocycles. The molecule has 2 aromatic rings. The Bertz CT molecular complexity index is 489. The van der Waals surface area contributed by atoms with Crippen LogP contribution in [-0.2, 0) is 0 Å². The highest BCUT2D eigenvalue weighted by molar-refractivity contribution is 9.10. The predicted octanol–water partition coefficient (Wildman–Crippen LogP) is 0.897. The zero-order chi connectivity index (χ0) is 8.72. The quantitative estimate of drug-likeness (QED) is 0.647. The van der Waals surface area contributed by atoms with Crippen LogP contribution in [0, 0.1) is 0 Å². The van der Waals surface area contributed by atoms with Crippen LogP contribution < -0.4 is 5.56 Å². The Kier molecular flexibility index (Phi) is 1.77. The SMILES string of the molecule is O=c1c2cc(Br)cn2ncn1P. The molecule has 0 aliphatic rings. The summed E-state index contributed by atoms with van der Waals surface area (Å²) in [5.41, 5.74) is 0.472. The Hall–Kier alpha value is -0.670. The Morgan fingerprint density at radius 3 is 3.08 bits per heavy atom. The van der Waals surface area contributed by atoms with E-state index in [4.69, 9.17) is 0 Å². The summed E-state index contributed by atoms with van der Waals surface area (Å²) in [5.74, 6) is 0. The third-order valence-electron chi connectivity index (χ3n) is 1.52. The van der Waals surface area contributed by atoms with E-state index in [1.807, 2.05) is 0 Å². The molecule has 0 bridgehead atoms. The summed E-state index contributed by atoms with van der Waals surface area (Å²) >= 11 is 3.27. The van der Waals surface area contributed by atoms with E-state index in [0.717, 1.165) is 4.47 Å². The van der Waals surface area contributed by atoms with Crippen LogP contribution >= 0.6 is 25.3 Å². The van der Waals surface area contributed by atoms with E-state index in [-0.39, 0.29) is 5.56 Å². The fourth-order valence-corrected chi connectivity index (χ4v) is 1.57. The number of nitrogens with zero attached hydrogens (tertiary/aromatic N) is 3. The van der Waals surface area contributed by atoms with Gasteiger partial charge in [0, 0.05) is 10.7 Å². The van der Waals surface area contributed by atoms with Crippen molar-refractivity contribution in [3.8, 4) is 0 Å². The average Bonchev–Trinajstić information content (AvgIpc) is 2.39. The van der Waals surface area contributed by atoms with E-state index in [9.17, 15) is 4.79 Å². The molecule has 0 radical (unpaired) electrons. The van der Waals surface area contributed by atoms with Crippen molar-refractivity contribution in [2.75, 3.05) is 0 Å². The lowest BCUT2D eigenvalue weighted by Crippen LogP contribution is -2.15. The molecule has 0 N–H and O–H groups in total. The summed E-state index contributed by atoms with van der Waals surface area (Å²) < 4.78 is 3.75. The molecule has 0 aliphatic carbocycles. The first kappa shape index (κ1) is 7.95. The van der Waals surface area contributed by atoms with E-state index in [0.29, 0.717) is 5.52 Å². The van der Waals surface area contributed by atoms with E-state index in [1.165, 1.54) is 15.2 Å². The fraction of sp³-hybridized carbons (Fsp3) is 0. The van der Waals surface area contributed by atoms with Crippen LogP contribution in [0.1, 0.15) is 0 Å². The lowest BCUT2D eigenvalue weighted by molar-refractivity contribution is 0.869. The van der Waals surface area contributed by atoms with Gasteiger partial charge < -0.3 is 0 Å². The van der Waals surface area contributed by atoms with Crippen molar-refractivity contribution < 1.29 is 0 Å². The second kappa shape index (κ2) is 2.68. The second-order valence-electron chi connectivity index (χ2n) is 2.33. The maximum atomic E-state index is 11.4. The van der Waals surface area contributed by atoms with Crippen LogP contribution in [0.25, 0.3) is 5.52 Å². The topological polar surface area (TPSA) is 39.3 Å².